The Hall–Kier alpha value is -2.56. The summed E-state index contributed by atoms with van der Waals surface area (Å²) in [4.78, 5) is 2.43. The van der Waals surface area contributed by atoms with Crippen LogP contribution in [0.5, 0.6) is 5.75 Å². The molecule has 1 saturated heterocycles. The first-order valence-corrected chi connectivity index (χ1v) is 9.96. The number of nitrogens with one attached hydrogen (secondary N) is 1. The molecule has 0 amide bonds. The summed E-state index contributed by atoms with van der Waals surface area (Å²) < 4.78 is 11.2. The predicted molar refractivity (Wildman–Crippen MR) is 115 cm³/mol. The Morgan fingerprint density at radius 2 is 1.93 bits per heavy atom. The minimum absolute atomic E-state index is 0.264. The Bertz CT molecular complexity index is 922. The molecule has 28 heavy (non-hydrogen) atoms. The van der Waals surface area contributed by atoms with Crippen molar-refractivity contribution in [2.24, 2.45) is 0 Å². The number of fused-ring (bicyclic) bond motifs is 1. The predicted octanol–water partition coefficient (Wildman–Crippen LogP) is 4.40. The highest BCUT2D eigenvalue weighted by Crippen LogP contribution is 2.26. The van der Waals surface area contributed by atoms with Crippen LogP contribution in [0.2, 0.25) is 0 Å². The van der Waals surface area contributed by atoms with E-state index in [0.29, 0.717) is 6.04 Å². The number of hydrogen-bond acceptors (Lipinski definition) is 4. The average Bonchev–Trinajstić information content (AvgIpc) is 2.77. The van der Waals surface area contributed by atoms with Gasteiger partial charge >= 0.3 is 0 Å². The van der Waals surface area contributed by atoms with E-state index in [1.165, 1.54) is 22.0 Å². The van der Waals surface area contributed by atoms with Crippen LogP contribution >= 0.6 is 0 Å². The van der Waals surface area contributed by atoms with Crippen molar-refractivity contribution in [1.29, 1.82) is 0 Å². The van der Waals surface area contributed by atoms with E-state index in [9.17, 15) is 0 Å². The van der Waals surface area contributed by atoms with Gasteiger partial charge in [-0.1, -0.05) is 48.5 Å². The first kappa shape index (κ1) is 18.8. The van der Waals surface area contributed by atoms with Crippen molar-refractivity contribution in [3.8, 4) is 5.75 Å². The molecule has 0 aromatic heterocycles. The number of methoxy groups -OCH3 is 1. The Balaban J connectivity index is 1.49. The summed E-state index contributed by atoms with van der Waals surface area (Å²) in [6, 6.07) is 23.9. The van der Waals surface area contributed by atoms with E-state index >= 15 is 0 Å². The van der Waals surface area contributed by atoms with Crippen molar-refractivity contribution < 1.29 is 9.47 Å². The molecule has 4 nitrogen and oxygen atoms in total. The number of nitrogens with zero attached hydrogens (tertiary/aromatic N) is 1. The summed E-state index contributed by atoms with van der Waals surface area (Å²) in [7, 11) is 1.71. The van der Waals surface area contributed by atoms with Gasteiger partial charge in [-0.15, -0.1) is 0 Å². The quantitative estimate of drug-likeness (QED) is 0.691. The van der Waals surface area contributed by atoms with Crippen molar-refractivity contribution in [2.45, 2.75) is 19.0 Å². The van der Waals surface area contributed by atoms with Crippen LogP contribution in [0.4, 0.5) is 5.69 Å². The van der Waals surface area contributed by atoms with E-state index in [2.05, 4.69) is 71.7 Å². The van der Waals surface area contributed by atoms with E-state index in [0.717, 1.165) is 32.1 Å². The Labute approximate surface area is 167 Å². The molecule has 0 radical (unpaired) electrons. The van der Waals surface area contributed by atoms with Gasteiger partial charge in [0, 0.05) is 30.9 Å². The number of benzene rings is 3. The molecule has 3 aromatic carbocycles. The summed E-state index contributed by atoms with van der Waals surface area (Å²) in [6.07, 6.45) is 0. The van der Waals surface area contributed by atoms with Crippen LogP contribution in [0.1, 0.15) is 18.5 Å². The van der Waals surface area contributed by atoms with Crippen molar-refractivity contribution in [3.63, 3.8) is 0 Å². The van der Waals surface area contributed by atoms with Crippen LogP contribution in [-0.2, 0) is 4.74 Å². The van der Waals surface area contributed by atoms with E-state index < -0.39 is 0 Å². The number of morpholine rings is 1. The van der Waals surface area contributed by atoms with Crippen LogP contribution in [0.25, 0.3) is 10.8 Å². The first-order valence-electron chi connectivity index (χ1n) is 9.96. The van der Waals surface area contributed by atoms with Gasteiger partial charge < -0.3 is 19.7 Å². The van der Waals surface area contributed by atoms with Gasteiger partial charge in [0.1, 0.15) is 5.75 Å². The Morgan fingerprint density at radius 3 is 2.82 bits per heavy atom. The molecule has 146 valence electrons. The molecule has 1 aliphatic rings. The molecule has 2 unspecified atom stereocenters. The second-order valence-corrected chi connectivity index (χ2v) is 7.32. The molecule has 4 heteroatoms. The number of anilines is 1. The second kappa shape index (κ2) is 8.63. The van der Waals surface area contributed by atoms with Crippen LogP contribution in [0, 0.1) is 0 Å². The monoisotopic (exact) mass is 376 g/mol. The minimum atomic E-state index is 0.264. The van der Waals surface area contributed by atoms with E-state index in [1.807, 2.05) is 12.1 Å². The third-order valence-electron chi connectivity index (χ3n) is 5.56. The zero-order valence-corrected chi connectivity index (χ0v) is 16.6. The summed E-state index contributed by atoms with van der Waals surface area (Å²) >= 11 is 0. The Kier molecular flexibility index (Phi) is 5.79. The molecule has 0 aliphatic carbocycles. The van der Waals surface area contributed by atoms with Gasteiger partial charge in [-0.2, -0.15) is 0 Å². The minimum Gasteiger partial charge on any atom is -0.497 e. The van der Waals surface area contributed by atoms with Gasteiger partial charge in [0.05, 0.1) is 26.4 Å². The fraction of sp³-hybridized carbons (Fsp3) is 0.333. The zero-order valence-electron chi connectivity index (χ0n) is 16.6. The van der Waals surface area contributed by atoms with Crippen molar-refractivity contribution in [1.82, 2.24) is 5.32 Å². The first-order chi connectivity index (χ1) is 13.8. The third-order valence-corrected chi connectivity index (χ3v) is 5.56. The van der Waals surface area contributed by atoms with Crippen molar-refractivity contribution in [3.05, 3.63) is 72.3 Å². The number of rotatable bonds is 6. The molecule has 4 rings (SSSR count). The van der Waals surface area contributed by atoms with Crippen molar-refractivity contribution >= 4 is 16.5 Å². The van der Waals surface area contributed by atoms with E-state index in [-0.39, 0.29) is 6.04 Å². The fourth-order valence-electron chi connectivity index (χ4n) is 4.00. The lowest BCUT2D eigenvalue weighted by Crippen LogP contribution is -2.50. The second-order valence-electron chi connectivity index (χ2n) is 7.32. The van der Waals surface area contributed by atoms with Gasteiger partial charge in [0.25, 0.3) is 0 Å². The standard InChI is InChI=1S/C24H28N2O2/c1-18(23-12-5-8-19-7-3-4-11-24(19)23)25-16-21-17-28-14-13-26(21)20-9-6-10-22(15-20)27-2/h3-12,15,18,21,25H,13-14,16-17H2,1-2H3. The highest BCUT2D eigenvalue weighted by Gasteiger charge is 2.24. The lowest BCUT2D eigenvalue weighted by molar-refractivity contribution is 0.0930. The van der Waals surface area contributed by atoms with Gasteiger partial charge in [0.15, 0.2) is 0 Å². The van der Waals surface area contributed by atoms with Gasteiger partial charge in [-0.3, -0.25) is 0 Å². The van der Waals surface area contributed by atoms with Crippen LogP contribution in [0.3, 0.4) is 0 Å². The van der Waals surface area contributed by atoms with Crippen LogP contribution in [-0.4, -0.2) is 39.5 Å². The van der Waals surface area contributed by atoms with Crippen molar-refractivity contribution in [2.75, 3.05) is 38.3 Å². The summed E-state index contributed by atoms with van der Waals surface area (Å²) in [5, 5.41) is 6.34. The molecule has 1 heterocycles. The topological polar surface area (TPSA) is 33.7 Å². The normalized spacial score (nSPS) is 18.2. The SMILES string of the molecule is COc1cccc(N2CCOCC2CNC(C)c2cccc3ccccc23)c1. The smallest absolute Gasteiger partial charge is 0.120 e. The summed E-state index contributed by atoms with van der Waals surface area (Å²) in [5.74, 6) is 0.889. The molecule has 0 saturated carbocycles. The zero-order chi connectivity index (χ0) is 19.3. The maximum absolute atomic E-state index is 5.79. The lowest BCUT2D eigenvalue weighted by Gasteiger charge is -2.38. The maximum Gasteiger partial charge on any atom is 0.120 e. The summed E-state index contributed by atoms with van der Waals surface area (Å²) in [5.41, 5.74) is 2.52. The molecule has 1 N–H and O–H groups in total. The highest BCUT2D eigenvalue weighted by molar-refractivity contribution is 5.86. The Morgan fingerprint density at radius 1 is 1.11 bits per heavy atom. The van der Waals surface area contributed by atoms with Crippen LogP contribution < -0.4 is 15.0 Å². The van der Waals surface area contributed by atoms with Crippen LogP contribution in [0.15, 0.2) is 66.7 Å². The molecule has 1 fully saturated rings. The molecule has 0 spiro atoms. The molecule has 1 aliphatic heterocycles. The lowest BCUT2D eigenvalue weighted by atomic mass is 9.99. The summed E-state index contributed by atoms with van der Waals surface area (Å²) in [6.45, 7) is 5.48. The van der Waals surface area contributed by atoms with E-state index in [1.54, 1.807) is 7.11 Å². The largest absolute Gasteiger partial charge is 0.497 e. The maximum atomic E-state index is 5.79. The fourth-order valence-corrected chi connectivity index (χ4v) is 4.00. The highest BCUT2D eigenvalue weighted by atomic mass is 16.5. The molecular weight excluding hydrogens is 348 g/mol. The number of hydrogen-bond donors (Lipinski definition) is 1. The number of ether oxygens (including phenoxy) is 2. The molecular formula is C24H28N2O2. The van der Waals surface area contributed by atoms with E-state index in [4.69, 9.17) is 9.47 Å². The van der Waals surface area contributed by atoms with Gasteiger partial charge in [-0.05, 0) is 35.4 Å². The average molecular weight is 377 g/mol. The molecule has 0 bridgehead atoms. The van der Waals surface area contributed by atoms with Gasteiger partial charge in [0.2, 0.25) is 0 Å². The van der Waals surface area contributed by atoms with Gasteiger partial charge in [-0.25, -0.2) is 0 Å². The molecule has 3 aromatic rings. The third kappa shape index (κ3) is 3.98. The molecule has 2 atom stereocenters.